The van der Waals surface area contributed by atoms with Gasteiger partial charge in [0.25, 0.3) is 0 Å². The molecule has 1 fully saturated rings. The fraction of sp³-hybridized carbons (Fsp3) is 0.200. The number of rotatable bonds is 6. The predicted octanol–water partition coefficient (Wildman–Crippen LogP) is 4.62. The van der Waals surface area contributed by atoms with Crippen molar-refractivity contribution in [3.63, 3.8) is 0 Å². The fourth-order valence-corrected chi connectivity index (χ4v) is 3.73. The van der Waals surface area contributed by atoms with Crippen molar-refractivity contribution in [2.24, 2.45) is 5.92 Å². The molecule has 5 rings (SSSR count). The van der Waals surface area contributed by atoms with Gasteiger partial charge in [0.05, 0.1) is 11.9 Å². The number of nitrogens with zero attached hydrogens (tertiary/aromatic N) is 5. The zero-order valence-corrected chi connectivity index (χ0v) is 15.4. The van der Waals surface area contributed by atoms with Crippen LogP contribution in [0.2, 0.25) is 0 Å². The lowest BCUT2D eigenvalue weighted by Crippen LogP contribution is -2.07. The molecule has 0 radical (unpaired) electrons. The first-order valence-corrected chi connectivity index (χ1v) is 9.86. The molecule has 0 unspecified atom stereocenters. The molecule has 7 heteroatoms. The zero-order chi connectivity index (χ0) is 18.1. The summed E-state index contributed by atoms with van der Waals surface area (Å²) in [6.45, 7) is 0.946. The van der Waals surface area contributed by atoms with E-state index in [1.807, 2.05) is 40.4 Å². The van der Waals surface area contributed by atoms with E-state index in [-0.39, 0.29) is 0 Å². The molecule has 1 aromatic carbocycles. The molecule has 27 heavy (non-hydrogen) atoms. The van der Waals surface area contributed by atoms with Gasteiger partial charge < -0.3 is 5.32 Å². The van der Waals surface area contributed by atoms with Crippen molar-refractivity contribution < 1.29 is 0 Å². The molecule has 6 nitrogen and oxygen atoms in total. The summed E-state index contributed by atoms with van der Waals surface area (Å²) in [5, 5.41) is 10.7. The van der Waals surface area contributed by atoms with Crippen LogP contribution in [0.15, 0.2) is 60.2 Å². The van der Waals surface area contributed by atoms with Crippen molar-refractivity contribution in [1.29, 1.82) is 0 Å². The molecule has 0 spiro atoms. The van der Waals surface area contributed by atoms with Crippen molar-refractivity contribution in [2.45, 2.75) is 19.4 Å². The van der Waals surface area contributed by atoms with Crippen LogP contribution in [0.5, 0.6) is 0 Å². The first-order chi connectivity index (χ1) is 13.3. The van der Waals surface area contributed by atoms with Gasteiger partial charge in [0.15, 0.2) is 0 Å². The number of thiazole rings is 1. The summed E-state index contributed by atoms with van der Waals surface area (Å²) in [5.41, 5.74) is 2.78. The minimum Gasteiger partial charge on any atom is -0.309 e. The quantitative estimate of drug-likeness (QED) is 0.533. The molecule has 0 amide bonds. The van der Waals surface area contributed by atoms with Gasteiger partial charge in [-0.05, 0) is 24.8 Å². The highest BCUT2D eigenvalue weighted by Gasteiger charge is 2.23. The maximum atomic E-state index is 4.74. The average molecular weight is 374 g/mol. The number of nitrogens with one attached hydrogen (secondary N) is 1. The van der Waals surface area contributed by atoms with Gasteiger partial charge in [0, 0.05) is 29.8 Å². The second-order valence-corrected chi connectivity index (χ2v) is 7.49. The number of hydrogen-bond acceptors (Lipinski definition) is 6. The Hall–Kier alpha value is -3.06. The van der Waals surface area contributed by atoms with E-state index >= 15 is 0 Å². The van der Waals surface area contributed by atoms with Gasteiger partial charge in [0.2, 0.25) is 5.95 Å². The molecule has 1 saturated carbocycles. The van der Waals surface area contributed by atoms with Gasteiger partial charge >= 0.3 is 0 Å². The predicted molar refractivity (Wildman–Crippen MR) is 107 cm³/mol. The summed E-state index contributed by atoms with van der Waals surface area (Å²) in [5.74, 6) is 2.23. The first-order valence-electron chi connectivity index (χ1n) is 8.98. The largest absolute Gasteiger partial charge is 0.309 e. The Morgan fingerprint density at radius 1 is 1.00 bits per heavy atom. The molecule has 1 N–H and O–H groups in total. The van der Waals surface area contributed by atoms with Gasteiger partial charge in [-0.2, -0.15) is 5.10 Å². The van der Waals surface area contributed by atoms with Crippen LogP contribution in [0.3, 0.4) is 0 Å². The highest BCUT2D eigenvalue weighted by atomic mass is 32.1. The Labute approximate surface area is 161 Å². The highest BCUT2D eigenvalue weighted by molar-refractivity contribution is 7.13. The Morgan fingerprint density at radius 2 is 1.89 bits per heavy atom. The van der Waals surface area contributed by atoms with Gasteiger partial charge in [-0.3, -0.25) is 0 Å². The standard InChI is InChI=1S/C20H18N6S/c1-2-4-15(5-3-1)19-23-17(13-27-19)16-8-10-21-20(24-16)25-18-9-11-22-26(18)12-14-6-7-14/h1-5,8-11,13-14H,6-7,12H2,(H,21,24,25). The van der Waals surface area contributed by atoms with Crippen LogP contribution >= 0.6 is 11.3 Å². The normalized spacial score (nSPS) is 13.6. The van der Waals surface area contributed by atoms with Gasteiger partial charge in [-0.25, -0.2) is 19.6 Å². The molecule has 0 bridgehead atoms. The second kappa shape index (κ2) is 6.92. The molecule has 3 aromatic heterocycles. The summed E-state index contributed by atoms with van der Waals surface area (Å²) in [6.07, 6.45) is 6.15. The smallest absolute Gasteiger partial charge is 0.228 e. The van der Waals surface area contributed by atoms with Gasteiger partial charge in [-0.1, -0.05) is 30.3 Å². The Kier molecular flexibility index (Phi) is 4.14. The monoisotopic (exact) mass is 374 g/mol. The first kappa shape index (κ1) is 16.1. The van der Waals surface area contributed by atoms with Crippen LogP contribution in [-0.4, -0.2) is 24.7 Å². The summed E-state index contributed by atoms with van der Waals surface area (Å²) < 4.78 is 1.99. The fourth-order valence-electron chi connectivity index (χ4n) is 2.91. The van der Waals surface area contributed by atoms with E-state index in [1.165, 1.54) is 12.8 Å². The van der Waals surface area contributed by atoms with E-state index in [0.717, 1.165) is 40.2 Å². The SMILES string of the molecule is c1ccc(-c2nc(-c3ccnc(Nc4ccnn4CC4CC4)n3)cs2)cc1. The van der Waals surface area contributed by atoms with Crippen LogP contribution in [-0.2, 0) is 6.54 Å². The minimum absolute atomic E-state index is 0.555. The van der Waals surface area contributed by atoms with E-state index in [2.05, 4.69) is 32.5 Å². The molecular formula is C20H18N6S. The van der Waals surface area contributed by atoms with Crippen LogP contribution < -0.4 is 5.32 Å². The van der Waals surface area contributed by atoms with Gasteiger partial charge in [-0.15, -0.1) is 11.3 Å². The summed E-state index contributed by atoms with van der Waals surface area (Å²) >= 11 is 1.62. The molecule has 1 aliphatic rings. The van der Waals surface area contributed by atoms with Crippen molar-refractivity contribution in [2.75, 3.05) is 5.32 Å². The van der Waals surface area contributed by atoms with Crippen molar-refractivity contribution in [1.82, 2.24) is 24.7 Å². The van der Waals surface area contributed by atoms with Crippen LogP contribution in [0, 0.1) is 5.92 Å². The van der Waals surface area contributed by atoms with E-state index in [0.29, 0.717) is 5.95 Å². The van der Waals surface area contributed by atoms with Crippen molar-refractivity contribution in [3.8, 4) is 22.0 Å². The maximum absolute atomic E-state index is 4.74. The summed E-state index contributed by atoms with van der Waals surface area (Å²) in [4.78, 5) is 13.7. The number of hydrogen-bond donors (Lipinski definition) is 1. The molecular weight excluding hydrogens is 356 g/mol. The van der Waals surface area contributed by atoms with Crippen molar-refractivity contribution >= 4 is 23.1 Å². The molecule has 134 valence electrons. The molecule has 0 aliphatic heterocycles. The average Bonchev–Trinajstić information content (AvgIpc) is 3.21. The molecule has 3 heterocycles. The van der Waals surface area contributed by atoms with E-state index in [1.54, 1.807) is 23.7 Å². The third-order valence-corrected chi connectivity index (χ3v) is 5.42. The van der Waals surface area contributed by atoms with Crippen molar-refractivity contribution in [3.05, 3.63) is 60.2 Å². The lowest BCUT2D eigenvalue weighted by Gasteiger charge is -2.08. The molecule has 0 atom stereocenters. The van der Waals surface area contributed by atoms with E-state index < -0.39 is 0 Å². The Morgan fingerprint density at radius 3 is 2.74 bits per heavy atom. The van der Waals surface area contributed by atoms with Crippen LogP contribution in [0.25, 0.3) is 22.0 Å². The zero-order valence-electron chi connectivity index (χ0n) is 14.6. The maximum Gasteiger partial charge on any atom is 0.228 e. The second-order valence-electron chi connectivity index (χ2n) is 6.64. The molecule has 0 saturated heterocycles. The number of aromatic nitrogens is 5. The molecule has 4 aromatic rings. The van der Waals surface area contributed by atoms with E-state index in [9.17, 15) is 0 Å². The van der Waals surface area contributed by atoms with Crippen LogP contribution in [0.1, 0.15) is 12.8 Å². The molecule has 1 aliphatic carbocycles. The highest BCUT2D eigenvalue weighted by Crippen LogP contribution is 2.32. The van der Waals surface area contributed by atoms with Gasteiger partial charge in [0.1, 0.15) is 16.5 Å². The summed E-state index contributed by atoms with van der Waals surface area (Å²) in [6, 6.07) is 14.0. The Balaban J connectivity index is 1.38. The lowest BCUT2D eigenvalue weighted by atomic mass is 10.2. The Bertz CT molecular complexity index is 1050. The third-order valence-electron chi connectivity index (χ3n) is 4.53. The van der Waals surface area contributed by atoms with E-state index in [4.69, 9.17) is 4.98 Å². The lowest BCUT2D eigenvalue weighted by molar-refractivity contribution is 0.569. The number of benzene rings is 1. The number of anilines is 2. The summed E-state index contributed by atoms with van der Waals surface area (Å²) in [7, 11) is 0. The topological polar surface area (TPSA) is 68.5 Å². The third kappa shape index (κ3) is 3.59. The van der Waals surface area contributed by atoms with Crippen LogP contribution in [0.4, 0.5) is 11.8 Å². The minimum atomic E-state index is 0.555.